The molecule has 2 rings (SSSR count). The van der Waals surface area contributed by atoms with Gasteiger partial charge in [-0.25, -0.2) is 0 Å². The standard InChI is InChI=1S/C19H23NO/c1-14-10-8-9-13-16(14)17(15-11-6-5-7-12-15)20-18(21)19(2,3)4/h5-13,17H,1-4H3,(H,20,21). The zero-order valence-electron chi connectivity index (χ0n) is 13.2. The van der Waals surface area contributed by atoms with Crippen LogP contribution in [0.1, 0.15) is 43.5 Å². The number of carbonyl (C=O) groups excluding carboxylic acids is 1. The van der Waals surface area contributed by atoms with E-state index in [2.05, 4.69) is 36.5 Å². The van der Waals surface area contributed by atoms with Crippen LogP contribution in [0.25, 0.3) is 0 Å². The lowest BCUT2D eigenvalue weighted by Gasteiger charge is -2.26. The Balaban J connectivity index is 2.41. The number of carbonyl (C=O) groups is 1. The second-order valence-corrected chi connectivity index (χ2v) is 6.42. The third kappa shape index (κ3) is 3.72. The van der Waals surface area contributed by atoms with Crippen molar-refractivity contribution in [1.82, 2.24) is 5.32 Å². The molecule has 2 aromatic rings. The Morgan fingerprint density at radius 2 is 1.52 bits per heavy atom. The largest absolute Gasteiger partial charge is 0.345 e. The van der Waals surface area contributed by atoms with Crippen LogP contribution in [0.15, 0.2) is 54.6 Å². The fraction of sp³-hybridized carbons (Fsp3) is 0.316. The van der Waals surface area contributed by atoms with Gasteiger partial charge in [-0.3, -0.25) is 4.79 Å². The maximum Gasteiger partial charge on any atom is 0.226 e. The van der Waals surface area contributed by atoms with Crippen LogP contribution in [0.2, 0.25) is 0 Å². The van der Waals surface area contributed by atoms with Crippen LogP contribution in [-0.4, -0.2) is 5.91 Å². The summed E-state index contributed by atoms with van der Waals surface area (Å²) in [5.41, 5.74) is 3.02. The van der Waals surface area contributed by atoms with Gasteiger partial charge in [0.15, 0.2) is 0 Å². The van der Waals surface area contributed by atoms with Crippen molar-refractivity contribution in [2.45, 2.75) is 33.7 Å². The molecule has 0 saturated carbocycles. The van der Waals surface area contributed by atoms with Gasteiger partial charge in [-0.2, -0.15) is 0 Å². The second kappa shape index (κ2) is 6.13. The zero-order chi connectivity index (χ0) is 15.5. The Labute approximate surface area is 127 Å². The van der Waals surface area contributed by atoms with Gasteiger partial charge in [-0.1, -0.05) is 75.4 Å². The topological polar surface area (TPSA) is 29.1 Å². The molecule has 0 saturated heterocycles. The number of aryl methyl sites for hydroxylation is 1. The molecule has 1 N–H and O–H groups in total. The Bertz CT molecular complexity index is 611. The Hall–Kier alpha value is -2.09. The molecule has 0 aliphatic rings. The van der Waals surface area contributed by atoms with Crippen LogP contribution in [-0.2, 0) is 4.79 Å². The first-order valence-electron chi connectivity index (χ1n) is 7.31. The normalized spacial score (nSPS) is 12.8. The third-order valence-corrected chi connectivity index (χ3v) is 3.59. The molecular formula is C19H23NO. The smallest absolute Gasteiger partial charge is 0.226 e. The highest BCUT2D eigenvalue weighted by Crippen LogP contribution is 2.26. The van der Waals surface area contributed by atoms with Crippen LogP contribution < -0.4 is 5.32 Å². The summed E-state index contributed by atoms with van der Waals surface area (Å²) in [5.74, 6) is 0.0552. The van der Waals surface area contributed by atoms with E-state index in [0.717, 1.165) is 11.1 Å². The molecule has 21 heavy (non-hydrogen) atoms. The Kier molecular flexibility index (Phi) is 4.46. The number of hydrogen-bond donors (Lipinski definition) is 1. The van der Waals surface area contributed by atoms with E-state index in [4.69, 9.17) is 0 Å². The molecule has 0 radical (unpaired) electrons. The average Bonchev–Trinajstić information content (AvgIpc) is 2.45. The molecule has 1 amide bonds. The van der Waals surface area contributed by atoms with E-state index in [1.54, 1.807) is 0 Å². The Morgan fingerprint density at radius 1 is 0.952 bits per heavy atom. The van der Waals surface area contributed by atoms with E-state index in [9.17, 15) is 4.79 Å². The second-order valence-electron chi connectivity index (χ2n) is 6.42. The summed E-state index contributed by atoms with van der Waals surface area (Å²) in [6.45, 7) is 7.88. The van der Waals surface area contributed by atoms with Crippen LogP contribution in [0.5, 0.6) is 0 Å². The molecule has 0 fully saturated rings. The predicted octanol–water partition coefficient (Wildman–Crippen LogP) is 4.25. The van der Waals surface area contributed by atoms with Crippen molar-refractivity contribution >= 4 is 5.91 Å². The summed E-state index contributed by atoms with van der Waals surface area (Å²) in [6.07, 6.45) is 0. The molecule has 0 aliphatic heterocycles. The first-order valence-corrected chi connectivity index (χ1v) is 7.31. The van der Waals surface area contributed by atoms with Gasteiger partial charge in [0.1, 0.15) is 0 Å². The van der Waals surface area contributed by atoms with E-state index in [-0.39, 0.29) is 11.9 Å². The van der Waals surface area contributed by atoms with Gasteiger partial charge in [0, 0.05) is 5.41 Å². The summed E-state index contributed by atoms with van der Waals surface area (Å²) in [5, 5.41) is 3.19. The molecule has 2 aromatic carbocycles. The summed E-state index contributed by atoms with van der Waals surface area (Å²) < 4.78 is 0. The van der Waals surface area contributed by atoms with E-state index in [1.165, 1.54) is 5.56 Å². The molecule has 0 heterocycles. The van der Waals surface area contributed by atoms with Crippen LogP contribution in [0, 0.1) is 12.3 Å². The van der Waals surface area contributed by atoms with E-state index < -0.39 is 5.41 Å². The molecule has 0 aliphatic carbocycles. The molecule has 1 atom stereocenters. The van der Waals surface area contributed by atoms with Crippen LogP contribution in [0.3, 0.4) is 0 Å². The van der Waals surface area contributed by atoms with Gasteiger partial charge < -0.3 is 5.32 Å². The highest BCUT2D eigenvalue weighted by Gasteiger charge is 2.26. The average molecular weight is 281 g/mol. The van der Waals surface area contributed by atoms with Crippen molar-refractivity contribution in [2.75, 3.05) is 0 Å². The van der Waals surface area contributed by atoms with Gasteiger partial charge in [0.2, 0.25) is 5.91 Å². The van der Waals surface area contributed by atoms with Crippen molar-refractivity contribution in [1.29, 1.82) is 0 Å². The summed E-state index contributed by atoms with van der Waals surface area (Å²) >= 11 is 0. The first kappa shape index (κ1) is 15.3. The molecular weight excluding hydrogens is 258 g/mol. The number of benzene rings is 2. The van der Waals surface area contributed by atoms with Gasteiger partial charge in [-0.15, -0.1) is 0 Å². The van der Waals surface area contributed by atoms with Gasteiger partial charge in [0.05, 0.1) is 6.04 Å². The highest BCUT2D eigenvalue weighted by molar-refractivity contribution is 5.82. The molecule has 0 aromatic heterocycles. The lowest BCUT2D eigenvalue weighted by Crippen LogP contribution is -2.38. The Morgan fingerprint density at radius 3 is 2.10 bits per heavy atom. The molecule has 110 valence electrons. The number of nitrogens with one attached hydrogen (secondary N) is 1. The number of rotatable bonds is 3. The van der Waals surface area contributed by atoms with Crippen molar-refractivity contribution in [3.8, 4) is 0 Å². The lowest BCUT2D eigenvalue weighted by atomic mass is 9.91. The van der Waals surface area contributed by atoms with E-state index in [0.29, 0.717) is 0 Å². The third-order valence-electron chi connectivity index (χ3n) is 3.59. The predicted molar refractivity (Wildman–Crippen MR) is 87.1 cm³/mol. The van der Waals surface area contributed by atoms with Crippen LogP contribution >= 0.6 is 0 Å². The summed E-state index contributed by atoms with van der Waals surface area (Å²) in [4.78, 5) is 12.4. The number of hydrogen-bond acceptors (Lipinski definition) is 1. The van der Waals surface area contributed by atoms with E-state index >= 15 is 0 Å². The minimum absolute atomic E-state index is 0.0552. The monoisotopic (exact) mass is 281 g/mol. The summed E-state index contributed by atoms with van der Waals surface area (Å²) in [7, 11) is 0. The lowest BCUT2D eigenvalue weighted by molar-refractivity contribution is -0.129. The maximum atomic E-state index is 12.4. The molecule has 1 unspecified atom stereocenters. The van der Waals surface area contributed by atoms with Crippen molar-refractivity contribution < 1.29 is 4.79 Å². The van der Waals surface area contributed by atoms with Crippen molar-refractivity contribution in [3.63, 3.8) is 0 Å². The summed E-state index contributed by atoms with van der Waals surface area (Å²) in [6, 6.07) is 18.2. The SMILES string of the molecule is Cc1ccccc1C(NC(=O)C(C)(C)C)c1ccccc1. The minimum atomic E-state index is -0.407. The minimum Gasteiger partial charge on any atom is -0.345 e. The number of amides is 1. The maximum absolute atomic E-state index is 12.4. The fourth-order valence-electron chi connectivity index (χ4n) is 2.24. The highest BCUT2D eigenvalue weighted by atomic mass is 16.2. The van der Waals surface area contributed by atoms with E-state index in [1.807, 2.05) is 51.1 Å². The quantitative estimate of drug-likeness (QED) is 0.895. The van der Waals surface area contributed by atoms with Crippen LogP contribution in [0.4, 0.5) is 0 Å². The molecule has 0 bridgehead atoms. The van der Waals surface area contributed by atoms with Crippen molar-refractivity contribution in [3.05, 3.63) is 71.3 Å². The molecule has 2 nitrogen and oxygen atoms in total. The van der Waals surface area contributed by atoms with Gasteiger partial charge in [0.25, 0.3) is 0 Å². The molecule has 0 spiro atoms. The fourth-order valence-corrected chi connectivity index (χ4v) is 2.24. The molecule has 2 heteroatoms. The first-order chi connectivity index (χ1) is 9.89. The zero-order valence-corrected chi connectivity index (χ0v) is 13.2. The van der Waals surface area contributed by atoms with Gasteiger partial charge in [-0.05, 0) is 23.6 Å². The van der Waals surface area contributed by atoms with Crippen molar-refractivity contribution in [2.24, 2.45) is 5.41 Å². The van der Waals surface area contributed by atoms with Gasteiger partial charge >= 0.3 is 0 Å².